The van der Waals surface area contributed by atoms with Gasteiger partial charge < -0.3 is 20.3 Å². The lowest BCUT2D eigenvalue weighted by atomic mass is 9.93. The van der Waals surface area contributed by atoms with Crippen molar-refractivity contribution in [2.45, 2.75) is 112 Å². The van der Waals surface area contributed by atoms with E-state index in [4.69, 9.17) is 4.74 Å². The lowest BCUT2D eigenvalue weighted by Gasteiger charge is -2.40. The van der Waals surface area contributed by atoms with Crippen molar-refractivity contribution in [3.05, 3.63) is 65.2 Å². The van der Waals surface area contributed by atoms with Gasteiger partial charge in [-0.2, -0.15) is 0 Å². The summed E-state index contributed by atoms with van der Waals surface area (Å²) in [6.07, 6.45) is 1.61. The highest BCUT2D eigenvalue weighted by Gasteiger charge is 2.40. The molecule has 0 radical (unpaired) electrons. The van der Waals surface area contributed by atoms with Crippen LogP contribution in [-0.4, -0.2) is 40.5 Å². The maximum atomic E-state index is 14.6. The summed E-state index contributed by atoms with van der Waals surface area (Å²) in [6, 6.07) is 13.2. The number of para-hydroxylation sites is 1. The fraction of sp³-hybridized carbons (Fsp3) is 0.559. The first-order valence-corrected chi connectivity index (χ1v) is 14.9. The Morgan fingerprint density at radius 2 is 1.46 bits per heavy atom. The Kier molecular flexibility index (Phi) is 12.4. The summed E-state index contributed by atoms with van der Waals surface area (Å²) >= 11 is 0. The number of benzene rings is 2. The number of nitrogens with one attached hydrogen (secondary N) is 2. The molecule has 41 heavy (non-hydrogen) atoms. The molecule has 0 aliphatic rings. The molecule has 226 valence electrons. The van der Waals surface area contributed by atoms with Crippen LogP contribution in [0.2, 0.25) is 0 Å². The molecule has 2 N–H and O–H groups in total. The van der Waals surface area contributed by atoms with Crippen LogP contribution in [-0.2, 0) is 14.3 Å². The maximum Gasteiger partial charge on any atom is 0.408 e. The van der Waals surface area contributed by atoms with E-state index in [1.54, 1.807) is 25.7 Å². The van der Waals surface area contributed by atoms with Gasteiger partial charge in [0.25, 0.3) is 5.91 Å². The van der Waals surface area contributed by atoms with Crippen molar-refractivity contribution in [3.8, 4) is 0 Å². The van der Waals surface area contributed by atoms with E-state index in [-0.39, 0.29) is 23.8 Å². The molecule has 2 rings (SSSR count). The molecule has 0 aliphatic heterocycles. The average Bonchev–Trinajstić information content (AvgIpc) is 2.89. The van der Waals surface area contributed by atoms with Crippen LogP contribution in [0.4, 0.5) is 10.5 Å². The molecule has 0 fully saturated rings. The number of anilines is 1. The van der Waals surface area contributed by atoms with Crippen molar-refractivity contribution in [3.63, 3.8) is 0 Å². The summed E-state index contributed by atoms with van der Waals surface area (Å²) in [4.78, 5) is 43.5. The summed E-state index contributed by atoms with van der Waals surface area (Å²) in [6.45, 7) is 19.5. The highest BCUT2D eigenvalue weighted by atomic mass is 16.6. The van der Waals surface area contributed by atoms with Gasteiger partial charge in [0, 0.05) is 11.7 Å². The summed E-state index contributed by atoms with van der Waals surface area (Å²) < 4.78 is 5.53. The third-order valence-electron chi connectivity index (χ3n) is 7.41. The number of alkyl carbamates (subject to hydrolysis) is 1. The van der Waals surface area contributed by atoms with Crippen LogP contribution in [0.15, 0.2) is 48.5 Å². The van der Waals surface area contributed by atoms with Gasteiger partial charge in [0.2, 0.25) is 5.91 Å². The van der Waals surface area contributed by atoms with Crippen LogP contribution in [0, 0.1) is 25.7 Å². The summed E-state index contributed by atoms with van der Waals surface area (Å²) in [7, 11) is 0. The van der Waals surface area contributed by atoms with Crippen molar-refractivity contribution in [1.29, 1.82) is 0 Å². The van der Waals surface area contributed by atoms with Crippen molar-refractivity contribution in [2.75, 3.05) is 5.32 Å². The number of hydrogen-bond acceptors (Lipinski definition) is 4. The van der Waals surface area contributed by atoms with E-state index < -0.39 is 23.8 Å². The van der Waals surface area contributed by atoms with Gasteiger partial charge in [-0.15, -0.1) is 0 Å². The number of hydrogen-bond donors (Lipinski definition) is 2. The number of aryl methyl sites for hydroxylation is 2. The third-order valence-corrected chi connectivity index (χ3v) is 7.41. The summed E-state index contributed by atoms with van der Waals surface area (Å²) in [5, 5.41) is 5.99. The van der Waals surface area contributed by atoms with Crippen molar-refractivity contribution < 1.29 is 19.1 Å². The van der Waals surface area contributed by atoms with Crippen LogP contribution in [0.5, 0.6) is 0 Å². The van der Waals surface area contributed by atoms with Crippen molar-refractivity contribution in [2.24, 2.45) is 11.8 Å². The van der Waals surface area contributed by atoms with E-state index in [1.165, 1.54) is 0 Å². The van der Waals surface area contributed by atoms with E-state index in [9.17, 15) is 14.4 Å². The van der Waals surface area contributed by atoms with E-state index >= 15 is 0 Å². The van der Waals surface area contributed by atoms with Gasteiger partial charge in [-0.3, -0.25) is 9.59 Å². The number of rotatable bonds is 12. The Hall–Kier alpha value is -3.35. The first-order chi connectivity index (χ1) is 19.2. The Morgan fingerprint density at radius 1 is 0.878 bits per heavy atom. The van der Waals surface area contributed by atoms with E-state index in [1.807, 2.05) is 83.1 Å². The number of carbonyl (C=O) groups is 3. The molecular formula is C34H51N3O4. The zero-order chi connectivity index (χ0) is 30.9. The standard InChI is InChI=1S/C34H51N3O4/c1-11-23(4)29(36-33(40)41-34(8,9)10)32(39)37(26(7)21-20-22(2)3)30(27-18-13-12-14-19-27)31(38)35-28-24(5)16-15-17-25(28)6/h12-19,22-23,26,29-30H,11,20-21H2,1-10H3,(H,35,38)(H,36,40). The zero-order valence-corrected chi connectivity index (χ0v) is 26.7. The van der Waals surface area contributed by atoms with Crippen LogP contribution in [0.25, 0.3) is 0 Å². The lowest BCUT2D eigenvalue weighted by Crippen LogP contribution is -2.57. The Labute approximate surface area is 247 Å². The lowest BCUT2D eigenvalue weighted by molar-refractivity contribution is -0.144. The Morgan fingerprint density at radius 3 is 1.98 bits per heavy atom. The van der Waals surface area contributed by atoms with E-state index in [2.05, 4.69) is 24.5 Å². The van der Waals surface area contributed by atoms with Crippen molar-refractivity contribution >= 4 is 23.6 Å². The average molecular weight is 566 g/mol. The molecular weight excluding hydrogens is 514 g/mol. The molecule has 0 spiro atoms. The molecule has 0 heterocycles. The quantitative estimate of drug-likeness (QED) is 0.278. The summed E-state index contributed by atoms with van der Waals surface area (Å²) in [5.74, 6) is -0.350. The van der Waals surface area contributed by atoms with Crippen LogP contribution < -0.4 is 10.6 Å². The minimum absolute atomic E-state index is 0.187. The Bertz CT molecular complexity index is 1140. The van der Waals surface area contributed by atoms with Gasteiger partial charge in [0.05, 0.1) is 0 Å². The third kappa shape index (κ3) is 9.91. The molecule has 0 bridgehead atoms. The highest BCUT2D eigenvalue weighted by molar-refractivity contribution is 6.00. The fourth-order valence-electron chi connectivity index (χ4n) is 4.87. The van der Waals surface area contributed by atoms with Crippen LogP contribution in [0.3, 0.4) is 0 Å². The molecule has 0 saturated heterocycles. The molecule has 3 amide bonds. The Balaban J connectivity index is 2.64. The predicted octanol–water partition coefficient (Wildman–Crippen LogP) is 7.58. The number of amides is 3. The number of nitrogens with zero attached hydrogens (tertiary/aromatic N) is 1. The monoisotopic (exact) mass is 565 g/mol. The van der Waals surface area contributed by atoms with Gasteiger partial charge in [0.1, 0.15) is 17.7 Å². The SMILES string of the molecule is CCC(C)C(NC(=O)OC(C)(C)C)C(=O)N(C(C)CCC(C)C)C(C(=O)Nc1c(C)cccc1C)c1ccccc1. The minimum atomic E-state index is -0.906. The number of ether oxygens (including phenoxy) is 1. The van der Waals surface area contributed by atoms with E-state index in [0.717, 1.165) is 23.2 Å². The molecule has 0 saturated carbocycles. The topological polar surface area (TPSA) is 87.7 Å². The minimum Gasteiger partial charge on any atom is -0.444 e. The molecule has 4 atom stereocenters. The van der Waals surface area contributed by atoms with Gasteiger partial charge in [-0.1, -0.05) is 82.6 Å². The van der Waals surface area contributed by atoms with Gasteiger partial charge in [0.15, 0.2) is 0 Å². The van der Waals surface area contributed by atoms with Crippen LogP contribution in [0.1, 0.15) is 97.4 Å². The second kappa shape index (κ2) is 15.0. The number of carbonyl (C=O) groups excluding carboxylic acids is 3. The van der Waals surface area contributed by atoms with Gasteiger partial charge >= 0.3 is 6.09 Å². The first kappa shape index (κ1) is 33.9. The van der Waals surface area contributed by atoms with Crippen LogP contribution >= 0.6 is 0 Å². The molecule has 0 aromatic heterocycles. The predicted molar refractivity (Wildman–Crippen MR) is 167 cm³/mol. The van der Waals surface area contributed by atoms with Gasteiger partial charge in [-0.05, 0) is 82.9 Å². The maximum absolute atomic E-state index is 14.6. The normalized spacial score (nSPS) is 14.5. The first-order valence-electron chi connectivity index (χ1n) is 14.9. The molecule has 4 unspecified atom stereocenters. The second-order valence-corrected chi connectivity index (χ2v) is 12.6. The summed E-state index contributed by atoms with van der Waals surface area (Å²) in [5.41, 5.74) is 2.63. The smallest absolute Gasteiger partial charge is 0.408 e. The second-order valence-electron chi connectivity index (χ2n) is 12.6. The molecule has 7 nitrogen and oxygen atoms in total. The molecule has 7 heteroatoms. The largest absolute Gasteiger partial charge is 0.444 e. The molecule has 0 aliphatic carbocycles. The zero-order valence-electron chi connectivity index (χ0n) is 26.7. The molecule has 2 aromatic rings. The fourth-order valence-corrected chi connectivity index (χ4v) is 4.87. The molecule has 2 aromatic carbocycles. The highest BCUT2D eigenvalue weighted by Crippen LogP contribution is 2.31. The van der Waals surface area contributed by atoms with Crippen molar-refractivity contribution in [1.82, 2.24) is 10.2 Å². The van der Waals surface area contributed by atoms with Gasteiger partial charge in [-0.25, -0.2) is 4.79 Å². The van der Waals surface area contributed by atoms with E-state index in [0.29, 0.717) is 24.3 Å².